The van der Waals surface area contributed by atoms with Crippen LogP contribution >= 0.6 is 0 Å². The lowest BCUT2D eigenvalue weighted by Gasteiger charge is -2.18. The Morgan fingerprint density at radius 2 is 0.606 bits per heavy atom. The second kappa shape index (κ2) is 26.3. The van der Waals surface area contributed by atoms with Crippen LogP contribution < -0.4 is 0 Å². The van der Waals surface area contributed by atoms with Gasteiger partial charge in [0.2, 0.25) is 0 Å². The first-order valence-corrected chi connectivity index (χ1v) is 15.8. The van der Waals surface area contributed by atoms with E-state index in [2.05, 4.69) is 33.4 Å². The number of hydrogen-bond donors (Lipinski definition) is 0. The summed E-state index contributed by atoms with van der Waals surface area (Å²) in [5, 5.41) is 0. The van der Waals surface area contributed by atoms with Crippen LogP contribution in [-0.2, 0) is 0 Å². The van der Waals surface area contributed by atoms with E-state index in [-0.39, 0.29) is 0 Å². The lowest BCUT2D eigenvalue weighted by molar-refractivity contribution is 0.407. The zero-order valence-electron chi connectivity index (χ0n) is 23.9. The lowest BCUT2D eigenvalue weighted by atomic mass is 9.87. The number of allylic oxidation sites excluding steroid dienone is 1. The van der Waals surface area contributed by atoms with E-state index in [1.54, 1.807) is 0 Å². The van der Waals surface area contributed by atoms with Gasteiger partial charge in [-0.2, -0.15) is 0 Å². The van der Waals surface area contributed by atoms with Crippen LogP contribution in [0.5, 0.6) is 0 Å². The molecule has 0 amide bonds. The van der Waals surface area contributed by atoms with Gasteiger partial charge in [0.25, 0.3) is 0 Å². The molecule has 0 heterocycles. The molecular formula is C33H66. The first-order valence-electron chi connectivity index (χ1n) is 15.8. The monoisotopic (exact) mass is 463 g/mol. The molecule has 0 atom stereocenters. The highest BCUT2D eigenvalue weighted by Crippen LogP contribution is 2.25. The predicted molar refractivity (Wildman–Crippen MR) is 154 cm³/mol. The van der Waals surface area contributed by atoms with Crippen molar-refractivity contribution in [1.29, 1.82) is 0 Å². The Morgan fingerprint density at radius 3 is 0.818 bits per heavy atom. The van der Waals surface area contributed by atoms with Crippen molar-refractivity contribution in [3.05, 3.63) is 12.7 Å². The highest BCUT2D eigenvalue weighted by Gasteiger charge is 2.11. The van der Waals surface area contributed by atoms with Crippen LogP contribution in [0.25, 0.3) is 0 Å². The van der Waals surface area contributed by atoms with E-state index in [1.165, 1.54) is 173 Å². The molecule has 0 fully saturated rings. The van der Waals surface area contributed by atoms with Crippen molar-refractivity contribution < 1.29 is 0 Å². The van der Waals surface area contributed by atoms with E-state index in [0.717, 1.165) is 0 Å². The number of rotatable bonds is 28. The van der Waals surface area contributed by atoms with Crippen molar-refractivity contribution in [2.45, 2.75) is 194 Å². The maximum absolute atomic E-state index is 3.95. The van der Waals surface area contributed by atoms with Crippen LogP contribution in [0.4, 0.5) is 0 Å². The fourth-order valence-corrected chi connectivity index (χ4v) is 5.00. The molecule has 0 aromatic carbocycles. The third-order valence-electron chi connectivity index (χ3n) is 7.73. The lowest BCUT2D eigenvalue weighted by Crippen LogP contribution is -2.05. The van der Waals surface area contributed by atoms with Gasteiger partial charge in [-0.15, -0.1) is 6.58 Å². The smallest absolute Gasteiger partial charge is 0.0178 e. The SMILES string of the molecule is C=CC(C)(C)CCCCCCCCCCCCCCCCCCCCCCCCCCCC. The Morgan fingerprint density at radius 1 is 0.394 bits per heavy atom. The van der Waals surface area contributed by atoms with Gasteiger partial charge in [-0.05, 0) is 11.8 Å². The molecular weight excluding hydrogens is 396 g/mol. The molecule has 0 aromatic rings. The zero-order valence-corrected chi connectivity index (χ0v) is 23.9. The van der Waals surface area contributed by atoms with E-state index in [4.69, 9.17) is 0 Å². The van der Waals surface area contributed by atoms with Crippen LogP contribution in [0.3, 0.4) is 0 Å². The minimum Gasteiger partial charge on any atom is -0.103 e. The average Bonchev–Trinajstić information content (AvgIpc) is 2.81. The van der Waals surface area contributed by atoms with Gasteiger partial charge < -0.3 is 0 Å². The Kier molecular flexibility index (Phi) is 26.1. The van der Waals surface area contributed by atoms with E-state index >= 15 is 0 Å². The summed E-state index contributed by atoms with van der Waals surface area (Å²) >= 11 is 0. The van der Waals surface area contributed by atoms with E-state index < -0.39 is 0 Å². The van der Waals surface area contributed by atoms with Crippen molar-refractivity contribution >= 4 is 0 Å². The van der Waals surface area contributed by atoms with Crippen molar-refractivity contribution in [2.24, 2.45) is 5.41 Å². The molecule has 0 rings (SSSR count). The van der Waals surface area contributed by atoms with Gasteiger partial charge in [-0.1, -0.05) is 194 Å². The summed E-state index contributed by atoms with van der Waals surface area (Å²) in [6, 6.07) is 0. The summed E-state index contributed by atoms with van der Waals surface area (Å²) in [6.45, 7) is 10.9. The average molecular weight is 463 g/mol. The largest absolute Gasteiger partial charge is 0.103 e. The van der Waals surface area contributed by atoms with Gasteiger partial charge >= 0.3 is 0 Å². The first-order chi connectivity index (χ1) is 16.1. The molecule has 0 spiro atoms. The van der Waals surface area contributed by atoms with Crippen LogP contribution in [-0.4, -0.2) is 0 Å². The summed E-state index contributed by atoms with van der Waals surface area (Å²) in [5.41, 5.74) is 0.340. The molecule has 0 aliphatic carbocycles. The van der Waals surface area contributed by atoms with Crippen LogP contribution in [0.1, 0.15) is 194 Å². The van der Waals surface area contributed by atoms with Crippen LogP contribution in [0.2, 0.25) is 0 Å². The molecule has 0 nitrogen and oxygen atoms in total. The molecule has 0 aliphatic rings. The Hall–Kier alpha value is -0.260. The molecule has 0 aliphatic heterocycles. The Bertz CT molecular complexity index is 366. The highest BCUT2D eigenvalue weighted by atomic mass is 14.2. The Balaban J connectivity index is 3.06. The van der Waals surface area contributed by atoms with Gasteiger partial charge in [0, 0.05) is 0 Å². The molecule has 0 heteroatoms. The maximum atomic E-state index is 3.95. The van der Waals surface area contributed by atoms with E-state index in [1.807, 2.05) is 0 Å². The van der Waals surface area contributed by atoms with Crippen molar-refractivity contribution in [2.75, 3.05) is 0 Å². The van der Waals surface area contributed by atoms with Crippen molar-refractivity contribution in [1.82, 2.24) is 0 Å². The second-order valence-corrected chi connectivity index (χ2v) is 11.8. The van der Waals surface area contributed by atoms with E-state index in [0.29, 0.717) is 5.41 Å². The normalized spacial score (nSPS) is 11.8. The molecule has 0 saturated heterocycles. The molecule has 0 saturated carbocycles. The zero-order chi connectivity index (χ0) is 24.3. The number of unbranched alkanes of at least 4 members (excludes halogenated alkanes) is 25. The first kappa shape index (κ1) is 32.7. The predicted octanol–water partition coefficient (Wildman–Crippen LogP) is 12.8. The molecule has 0 radical (unpaired) electrons. The minimum atomic E-state index is 0.340. The molecule has 0 bridgehead atoms. The van der Waals surface area contributed by atoms with Crippen molar-refractivity contribution in [3.63, 3.8) is 0 Å². The quantitative estimate of drug-likeness (QED) is 0.0800. The third kappa shape index (κ3) is 27.9. The number of hydrogen-bond acceptors (Lipinski definition) is 0. The highest BCUT2D eigenvalue weighted by molar-refractivity contribution is 4.86. The molecule has 198 valence electrons. The van der Waals surface area contributed by atoms with Gasteiger partial charge in [0.05, 0.1) is 0 Å². The summed E-state index contributed by atoms with van der Waals surface area (Å²) < 4.78 is 0. The third-order valence-corrected chi connectivity index (χ3v) is 7.73. The fourth-order valence-electron chi connectivity index (χ4n) is 5.00. The molecule has 0 N–H and O–H groups in total. The van der Waals surface area contributed by atoms with Gasteiger partial charge in [0.15, 0.2) is 0 Å². The van der Waals surface area contributed by atoms with Gasteiger partial charge in [0.1, 0.15) is 0 Å². The molecule has 0 aromatic heterocycles. The standard InChI is InChI=1S/C33H66/c1-5-7-8-9-10-11-12-13-14-15-16-17-18-19-20-21-22-23-24-25-26-27-28-29-30-31-32-33(3,4)6-2/h6H,2,5,7-32H2,1,3-4H3. The summed E-state index contributed by atoms with van der Waals surface area (Å²) in [6.07, 6.45) is 41.5. The molecule has 0 unspecified atom stereocenters. The topological polar surface area (TPSA) is 0 Å². The maximum Gasteiger partial charge on any atom is -0.0178 e. The Labute approximate surface area is 212 Å². The summed E-state index contributed by atoms with van der Waals surface area (Å²) in [4.78, 5) is 0. The fraction of sp³-hybridized carbons (Fsp3) is 0.939. The summed E-state index contributed by atoms with van der Waals surface area (Å²) in [7, 11) is 0. The second-order valence-electron chi connectivity index (χ2n) is 11.8. The summed E-state index contributed by atoms with van der Waals surface area (Å²) in [5.74, 6) is 0. The minimum absolute atomic E-state index is 0.340. The van der Waals surface area contributed by atoms with Crippen LogP contribution in [0.15, 0.2) is 12.7 Å². The van der Waals surface area contributed by atoms with Crippen molar-refractivity contribution in [3.8, 4) is 0 Å². The molecule has 33 heavy (non-hydrogen) atoms. The van der Waals surface area contributed by atoms with Gasteiger partial charge in [-0.25, -0.2) is 0 Å². The van der Waals surface area contributed by atoms with Crippen LogP contribution in [0, 0.1) is 5.41 Å². The van der Waals surface area contributed by atoms with E-state index in [9.17, 15) is 0 Å². The van der Waals surface area contributed by atoms with Gasteiger partial charge in [-0.3, -0.25) is 0 Å².